The van der Waals surface area contributed by atoms with Gasteiger partial charge in [0.15, 0.2) is 5.82 Å². The summed E-state index contributed by atoms with van der Waals surface area (Å²) >= 11 is 0. The van der Waals surface area contributed by atoms with Gasteiger partial charge in [0.05, 0.1) is 11.1 Å². The first-order valence-corrected chi connectivity index (χ1v) is 6.06. The molecular weight excluding hydrogens is 287 g/mol. The number of hydrogen-bond donors (Lipinski definition) is 1. The fourth-order valence-corrected chi connectivity index (χ4v) is 1.75. The Bertz CT molecular complexity index is 652. The van der Waals surface area contributed by atoms with E-state index in [1.54, 1.807) is 13.8 Å². The Morgan fingerprint density at radius 2 is 2.00 bits per heavy atom. The highest BCUT2D eigenvalue weighted by Crippen LogP contribution is 2.32. The van der Waals surface area contributed by atoms with Gasteiger partial charge in [-0.25, -0.2) is 0 Å². The van der Waals surface area contributed by atoms with Gasteiger partial charge in [-0.1, -0.05) is 17.3 Å². The molecule has 1 aromatic carbocycles. The quantitative estimate of drug-likeness (QED) is 0.946. The number of nitrogens with one attached hydrogen (secondary N) is 1. The first-order chi connectivity index (χ1) is 9.79. The number of hydrogen-bond acceptors (Lipinski definition) is 4. The van der Waals surface area contributed by atoms with Crippen molar-refractivity contribution >= 4 is 5.91 Å². The highest BCUT2D eigenvalue weighted by molar-refractivity contribution is 5.96. The van der Waals surface area contributed by atoms with E-state index < -0.39 is 29.3 Å². The molecule has 1 heterocycles. The average molecular weight is 299 g/mol. The minimum atomic E-state index is -4.60. The van der Waals surface area contributed by atoms with Crippen molar-refractivity contribution in [3.63, 3.8) is 0 Å². The van der Waals surface area contributed by atoms with Crippen molar-refractivity contribution in [3.8, 4) is 0 Å². The van der Waals surface area contributed by atoms with E-state index in [9.17, 15) is 18.0 Å². The maximum atomic E-state index is 12.9. The fourth-order valence-electron chi connectivity index (χ4n) is 1.75. The van der Waals surface area contributed by atoms with Gasteiger partial charge in [0.25, 0.3) is 5.91 Å². The third kappa shape index (κ3) is 3.39. The molecule has 0 saturated carbocycles. The lowest BCUT2D eigenvalue weighted by molar-refractivity contribution is -0.137. The standard InChI is InChI=1S/C13H12F3N3O2/c1-7(12-18-8(2)19-21-12)17-11(20)9-5-3-4-6-10(9)13(14,15)16/h3-7H,1-2H3,(H,17,20). The molecular formula is C13H12F3N3O2. The Hall–Kier alpha value is -2.38. The number of alkyl halides is 3. The van der Waals surface area contributed by atoms with Gasteiger partial charge in [-0.05, 0) is 26.0 Å². The van der Waals surface area contributed by atoms with Crippen LogP contribution in [0.25, 0.3) is 0 Å². The first kappa shape index (κ1) is 15.0. The fraction of sp³-hybridized carbons (Fsp3) is 0.308. The van der Waals surface area contributed by atoms with Crippen LogP contribution in [-0.4, -0.2) is 16.0 Å². The number of aryl methyl sites for hydroxylation is 1. The van der Waals surface area contributed by atoms with Crippen LogP contribution in [-0.2, 0) is 6.18 Å². The van der Waals surface area contributed by atoms with Gasteiger partial charge in [0.1, 0.15) is 6.04 Å². The van der Waals surface area contributed by atoms with E-state index in [1.807, 2.05) is 0 Å². The monoisotopic (exact) mass is 299 g/mol. The molecule has 0 radical (unpaired) electrons. The summed E-state index contributed by atoms with van der Waals surface area (Å²) in [6, 6.07) is 3.87. The number of carbonyl (C=O) groups is 1. The minimum Gasteiger partial charge on any atom is -0.340 e. The summed E-state index contributed by atoms with van der Waals surface area (Å²) in [6.45, 7) is 3.14. The van der Waals surface area contributed by atoms with E-state index in [0.717, 1.165) is 12.1 Å². The van der Waals surface area contributed by atoms with Gasteiger partial charge in [-0.3, -0.25) is 4.79 Å². The number of benzene rings is 1. The molecule has 8 heteroatoms. The highest BCUT2D eigenvalue weighted by Gasteiger charge is 2.35. The van der Waals surface area contributed by atoms with Gasteiger partial charge in [0, 0.05) is 0 Å². The van der Waals surface area contributed by atoms with Crippen LogP contribution in [0.5, 0.6) is 0 Å². The van der Waals surface area contributed by atoms with Crippen LogP contribution in [0.2, 0.25) is 0 Å². The van der Waals surface area contributed by atoms with E-state index in [0.29, 0.717) is 5.82 Å². The minimum absolute atomic E-state index is 0.130. The molecule has 0 aliphatic rings. The predicted molar refractivity (Wildman–Crippen MR) is 66.4 cm³/mol. The molecule has 0 aliphatic carbocycles. The van der Waals surface area contributed by atoms with Crippen molar-refractivity contribution in [1.82, 2.24) is 15.5 Å². The zero-order valence-electron chi connectivity index (χ0n) is 11.2. The van der Waals surface area contributed by atoms with Crippen LogP contribution in [0.3, 0.4) is 0 Å². The molecule has 1 atom stereocenters. The van der Waals surface area contributed by atoms with Crippen molar-refractivity contribution in [2.45, 2.75) is 26.1 Å². The van der Waals surface area contributed by atoms with E-state index in [2.05, 4.69) is 15.5 Å². The number of carbonyl (C=O) groups excluding carboxylic acids is 1. The zero-order valence-corrected chi connectivity index (χ0v) is 11.2. The average Bonchev–Trinajstić information content (AvgIpc) is 2.84. The topological polar surface area (TPSA) is 68.0 Å². The van der Waals surface area contributed by atoms with Crippen molar-refractivity contribution in [2.75, 3.05) is 0 Å². The van der Waals surface area contributed by atoms with E-state index >= 15 is 0 Å². The second-order valence-electron chi connectivity index (χ2n) is 4.42. The van der Waals surface area contributed by atoms with E-state index in [4.69, 9.17) is 4.52 Å². The molecule has 112 valence electrons. The lowest BCUT2D eigenvalue weighted by Crippen LogP contribution is -2.29. The summed E-state index contributed by atoms with van der Waals surface area (Å²) in [7, 11) is 0. The lowest BCUT2D eigenvalue weighted by Gasteiger charge is -2.14. The van der Waals surface area contributed by atoms with Crippen molar-refractivity contribution in [3.05, 3.63) is 47.1 Å². The van der Waals surface area contributed by atoms with Crippen molar-refractivity contribution in [2.24, 2.45) is 0 Å². The second-order valence-corrected chi connectivity index (χ2v) is 4.42. The van der Waals surface area contributed by atoms with Gasteiger partial charge in [-0.15, -0.1) is 0 Å². The summed E-state index contributed by atoms with van der Waals surface area (Å²) in [5.74, 6) is -0.349. The molecule has 0 aliphatic heterocycles. The Morgan fingerprint density at radius 1 is 1.33 bits per heavy atom. The summed E-state index contributed by atoms with van der Waals surface area (Å²) < 4.78 is 43.4. The van der Waals surface area contributed by atoms with E-state index in [1.165, 1.54) is 12.1 Å². The number of halogens is 3. The van der Waals surface area contributed by atoms with Crippen LogP contribution in [0, 0.1) is 6.92 Å². The van der Waals surface area contributed by atoms with Crippen LogP contribution < -0.4 is 5.32 Å². The SMILES string of the molecule is Cc1noc(C(C)NC(=O)c2ccccc2C(F)(F)F)n1. The molecule has 21 heavy (non-hydrogen) atoms. The third-order valence-corrected chi connectivity index (χ3v) is 2.74. The molecule has 0 spiro atoms. The molecule has 1 N–H and O–H groups in total. The Morgan fingerprint density at radius 3 is 2.57 bits per heavy atom. The lowest BCUT2D eigenvalue weighted by atomic mass is 10.1. The smallest absolute Gasteiger partial charge is 0.340 e. The maximum absolute atomic E-state index is 12.9. The third-order valence-electron chi connectivity index (χ3n) is 2.74. The number of rotatable bonds is 3. The van der Waals surface area contributed by atoms with Gasteiger partial charge >= 0.3 is 6.18 Å². The van der Waals surface area contributed by atoms with Gasteiger partial charge in [0.2, 0.25) is 5.89 Å². The Labute approximate surface area is 118 Å². The van der Waals surface area contributed by atoms with Crippen molar-refractivity contribution in [1.29, 1.82) is 0 Å². The zero-order chi connectivity index (χ0) is 15.6. The summed E-state index contributed by atoms with van der Waals surface area (Å²) in [6.07, 6.45) is -4.60. The molecule has 2 rings (SSSR count). The largest absolute Gasteiger partial charge is 0.417 e. The number of amides is 1. The maximum Gasteiger partial charge on any atom is 0.417 e. The molecule has 0 fully saturated rings. The molecule has 5 nitrogen and oxygen atoms in total. The summed E-state index contributed by atoms with van der Waals surface area (Å²) in [5, 5.41) is 5.96. The Balaban J connectivity index is 2.21. The normalized spacial score (nSPS) is 13.0. The van der Waals surface area contributed by atoms with Crippen LogP contribution >= 0.6 is 0 Å². The van der Waals surface area contributed by atoms with E-state index in [-0.39, 0.29) is 5.89 Å². The number of aromatic nitrogens is 2. The summed E-state index contributed by atoms with van der Waals surface area (Å²) in [5.41, 5.74) is -1.44. The van der Waals surface area contributed by atoms with Gasteiger partial charge in [-0.2, -0.15) is 18.2 Å². The van der Waals surface area contributed by atoms with Gasteiger partial charge < -0.3 is 9.84 Å². The van der Waals surface area contributed by atoms with Crippen molar-refractivity contribution < 1.29 is 22.5 Å². The number of nitrogens with zero attached hydrogens (tertiary/aromatic N) is 2. The predicted octanol–water partition coefficient (Wildman–Crippen LogP) is 2.89. The molecule has 1 amide bonds. The highest BCUT2D eigenvalue weighted by atomic mass is 19.4. The van der Waals surface area contributed by atoms with Crippen LogP contribution in [0.4, 0.5) is 13.2 Å². The molecule has 2 aromatic rings. The Kier molecular flexibility index (Phi) is 3.97. The molecule has 1 aromatic heterocycles. The van der Waals surface area contributed by atoms with Crippen LogP contribution in [0.15, 0.2) is 28.8 Å². The summed E-state index contributed by atoms with van der Waals surface area (Å²) in [4.78, 5) is 15.9. The molecule has 0 bridgehead atoms. The molecule has 0 saturated heterocycles. The molecule has 1 unspecified atom stereocenters. The second kappa shape index (κ2) is 5.55. The van der Waals surface area contributed by atoms with Crippen LogP contribution in [0.1, 0.15) is 40.6 Å². The first-order valence-electron chi connectivity index (χ1n) is 6.06.